The van der Waals surface area contributed by atoms with E-state index in [4.69, 9.17) is 24.4 Å². The summed E-state index contributed by atoms with van der Waals surface area (Å²) in [5, 5.41) is 17.7. The number of aliphatic carboxylic acids is 2. The number of likely N-dealkylation sites (tertiary alicyclic amines) is 1. The molecular formula is C50H91NO10. The first kappa shape index (κ1) is 56.3. The molecule has 0 bridgehead atoms. The third kappa shape index (κ3) is 36.5. The summed E-state index contributed by atoms with van der Waals surface area (Å²) in [7, 11) is 1.99. The van der Waals surface area contributed by atoms with Crippen molar-refractivity contribution in [2.75, 3.05) is 40.0 Å². The first-order valence-electron chi connectivity index (χ1n) is 25.2. The van der Waals surface area contributed by atoms with Gasteiger partial charge in [0.2, 0.25) is 0 Å². The van der Waals surface area contributed by atoms with E-state index < -0.39 is 17.9 Å². The summed E-state index contributed by atoms with van der Waals surface area (Å²) < 4.78 is 17.0. The van der Waals surface area contributed by atoms with Gasteiger partial charge in [0.05, 0.1) is 11.8 Å². The molecule has 1 aliphatic rings. The SMILES string of the molecule is CCCCCCCCCCCCCCCC(=O)OCC(COC(=O)CCCCC(CCCCCCCCC(=O)O)CCCCCCCCC(=O)O)COC(=O)C1CCN(C)C1. The summed E-state index contributed by atoms with van der Waals surface area (Å²) in [4.78, 5) is 61.9. The number of carboxylic acids is 2. The van der Waals surface area contributed by atoms with Crippen LogP contribution in [0.3, 0.4) is 0 Å². The van der Waals surface area contributed by atoms with Gasteiger partial charge in [-0.05, 0) is 51.6 Å². The Hall–Kier alpha value is -2.69. The van der Waals surface area contributed by atoms with Crippen molar-refractivity contribution in [1.29, 1.82) is 0 Å². The number of ether oxygens (including phenoxy) is 3. The van der Waals surface area contributed by atoms with E-state index in [0.717, 1.165) is 141 Å². The number of hydrogen-bond acceptors (Lipinski definition) is 9. The van der Waals surface area contributed by atoms with Crippen LogP contribution in [0.25, 0.3) is 0 Å². The van der Waals surface area contributed by atoms with Crippen LogP contribution in [-0.2, 0) is 38.2 Å². The molecule has 0 amide bonds. The Morgan fingerprint density at radius 3 is 1.21 bits per heavy atom. The fraction of sp³-hybridized carbons (Fsp3) is 0.900. The molecular weight excluding hydrogens is 775 g/mol. The largest absolute Gasteiger partial charge is 0.481 e. The van der Waals surface area contributed by atoms with E-state index in [1.165, 1.54) is 64.2 Å². The number of rotatable bonds is 44. The van der Waals surface area contributed by atoms with Crippen LogP contribution in [-0.4, -0.2) is 84.9 Å². The highest BCUT2D eigenvalue weighted by Gasteiger charge is 2.28. The maximum Gasteiger partial charge on any atom is 0.310 e. The molecule has 0 aromatic rings. The highest BCUT2D eigenvalue weighted by atomic mass is 16.6. The summed E-state index contributed by atoms with van der Waals surface area (Å²) in [5.41, 5.74) is 0. The van der Waals surface area contributed by atoms with Gasteiger partial charge in [-0.1, -0.05) is 174 Å². The van der Waals surface area contributed by atoms with Gasteiger partial charge in [0.15, 0.2) is 0 Å². The molecule has 1 saturated heterocycles. The van der Waals surface area contributed by atoms with E-state index in [9.17, 15) is 24.0 Å². The quantitative estimate of drug-likeness (QED) is 0.0341. The van der Waals surface area contributed by atoms with Crippen molar-refractivity contribution in [1.82, 2.24) is 4.90 Å². The number of carbonyl (C=O) groups is 5. The van der Waals surface area contributed by atoms with Crippen LogP contribution in [0.15, 0.2) is 0 Å². The van der Waals surface area contributed by atoms with E-state index in [1.807, 2.05) is 7.05 Å². The van der Waals surface area contributed by atoms with Crippen LogP contribution in [0.2, 0.25) is 0 Å². The fourth-order valence-corrected chi connectivity index (χ4v) is 8.41. The maximum absolute atomic E-state index is 12.9. The second-order valence-electron chi connectivity index (χ2n) is 18.3. The highest BCUT2D eigenvalue weighted by molar-refractivity contribution is 5.73. The smallest absolute Gasteiger partial charge is 0.310 e. The van der Waals surface area contributed by atoms with Gasteiger partial charge in [-0.3, -0.25) is 24.0 Å². The van der Waals surface area contributed by atoms with E-state index >= 15 is 0 Å². The minimum absolute atomic E-state index is 0.0396. The molecule has 0 spiro atoms. The second-order valence-corrected chi connectivity index (χ2v) is 18.3. The van der Waals surface area contributed by atoms with Gasteiger partial charge < -0.3 is 29.3 Å². The van der Waals surface area contributed by atoms with Crippen molar-refractivity contribution >= 4 is 29.8 Å². The lowest BCUT2D eigenvalue weighted by Gasteiger charge is -2.19. The molecule has 2 unspecified atom stereocenters. The van der Waals surface area contributed by atoms with Crippen LogP contribution in [0.5, 0.6) is 0 Å². The molecule has 61 heavy (non-hydrogen) atoms. The molecule has 11 nitrogen and oxygen atoms in total. The lowest BCUT2D eigenvalue weighted by molar-refractivity contribution is -0.155. The molecule has 0 aromatic carbocycles. The van der Waals surface area contributed by atoms with Crippen LogP contribution < -0.4 is 0 Å². The number of carboxylic acid groups (broad SMARTS) is 2. The third-order valence-electron chi connectivity index (χ3n) is 12.4. The minimum atomic E-state index is -0.723. The topological polar surface area (TPSA) is 157 Å². The summed E-state index contributed by atoms with van der Waals surface area (Å²) >= 11 is 0. The van der Waals surface area contributed by atoms with Crippen LogP contribution in [0.1, 0.15) is 232 Å². The Labute approximate surface area is 371 Å². The zero-order chi connectivity index (χ0) is 44.6. The first-order chi connectivity index (χ1) is 29.6. The molecule has 356 valence electrons. The van der Waals surface area contributed by atoms with E-state index in [0.29, 0.717) is 25.3 Å². The Balaban J connectivity index is 2.44. The zero-order valence-electron chi connectivity index (χ0n) is 39.1. The zero-order valence-corrected chi connectivity index (χ0v) is 39.1. The molecule has 11 heteroatoms. The number of carbonyl (C=O) groups excluding carboxylic acids is 3. The second kappa shape index (κ2) is 40.1. The van der Waals surface area contributed by atoms with Crippen molar-refractivity contribution in [3.05, 3.63) is 0 Å². The summed E-state index contributed by atoms with van der Waals surface area (Å²) in [5.74, 6) is -2.22. The normalized spacial score (nSPS) is 14.6. The van der Waals surface area contributed by atoms with Crippen LogP contribution in [0.4, 0.5) is 0 Å². The van der Waals surface area contributed by atoms with Crippen molar-refractivity contribution in [3.8, 4) is 0 Å². The number of unbranched alkanes of at least 4 members (excludes halogenated alkanes) is 23. The lowest BCUT2D eigenvalue weighted by Crippen LogP contribution is -2.29. The van der Waals surface area contributed by atoms with Gasteiger partial charge in [0, 0.05) is 32.2 Å². The van der Waals surface area contributed by atoms with E-state index in [-0.39, 0.29) is 56.5 Å². The molecule has 1 rings (SSSR count). The van der Waals surface area contributed by atoms with Crippen molar-refractivity contribution in [2.45, 2.75) is 232 Å². The van der Waals surface area contributed by atoms with Gasteiger partial charge >= 0.3 is 29.8 Å². The number of esters is 3. The van der Waals surface area contributed by atoms with Gasteiger partial charge in [-0.25, -0.2) is 0 Å². The molecule has 0 aromatic heterocycles. The number of hydrogen-bond donors (Lipinski definition) is 2. The molecule has 0 aliphatic carbocycles. The summed E-state index contributed by atoms with van der Waals surface area (Å²) in [6, 6.07) is 0. The average Bonchev–Trinajstić information content (AvgIpc) is 3.68. The van der Waals surface area contributed by atoms with Crippen LogP contribution >= 0.6 is 0 Å². The van der Waals surface area contributed by atoms with Gasteiger partial charge in [0.25, 0.3) is 0 Å². The summed E-state index contributed by atoms with van der Waals surface area (Å²) in [6.45, 7) is 3.91. The first-order valence-corrected chi connectivity index (χ1v) is 25.2. The van der Waals surface area contributed by atoms with E-state index in [1.54, 1.807) is 0 Å². The molecule has 1 fully saturated rings. The monoisotopic (exact) mass is 866 g/mol. The Bertz CT molecular complexity index is 1090. The lowest BCUT2D eigenvalue weighted by atomic mass is 9.89. The predicted molar refractivity (Wildman–Crippen MR) is 243 cm³/mol. The molecule has 2 N–H and O–H groups in total. The van der Waals surface area contributed by atoms with Gasteiger partial charge in [-0.15, -0.1) is 0 Å². The van der Waals surface area contributed by atoms with Gasteiger partial charge in [-0.2, -0.15) is 0 Å². The fourth-order valence-electron chi connectivity index (χ4n) is 8.41. The van der Waals surface area contributed by atoms with Crippen molar-refractivity contribution < 1.29 is 48.4 Å². The van der Waals surface area contributed by atoms with Crippen LogP contribution in [0, 0.1) is 17.8 Å². The third-order valence-corrected chi connectivity index (χ3v) is 12.4. The minimum Gasteiger partial charge on any atom is -0.481 e. The van der Waals surface area contributed by atoms with E-state index in [2.05, 4.69) is 11.8 Å². The molecule has 0 saturated carbocycles. The molecule has 0 radical (unpaired) electrons. The van der Waals surface area contributed by atoms with Gasteiger partial charge in [0.1, 0.15) is 19.8 Å². The standard InChI is InChI=1S/C50H91NO10/c1-3-4-5-6-7-8-9-10-11-12-13-22-27-35-48(56)59-40-44(42-61-50(58)45-37-38-51(2)39-45)41-60-49(57)36-29-28-32-43(30-23-18-14-16-20-25-33-46(52)53)31-24-19-15-17-21-26-34-47(54)55/h43-45H,3-42H2,1-2H3,(H,52,53)(H,54,55). The molecule has 1 aliphatic heterocycles. The molecule has 1 heterocycles. The predicted octanol–water partition coefficient (Wildman–Crippen LogP) is 12.3. The highest BCUT2D eigenvalue weighted by Crippen LogP contribution is 2.25. The summed E-state index contributed by atoms with van der Waals surface area (Å²) in [6.07, 6.45) is 35.6. The number of nitrogens with zero attached hydrogens (tertiary/aromatic N) is 1. The Kier molecular flexibility index (Phi) is 37.0. The van der Waals surface area contributed by atoms with Crippen molar-refractivity contribution in [2.24, 2.45) is 17.8 Å². The Morgan fingerprint density at radius 1 is 0.475 bits per heavy atom. The maximum atomic E-state index is 12.9. The molecule has 2 atom stereocenters. The van der Waals surface area contributed by atoms with Crippen molar-refractivity contribution in [3.63, 3.8) is 0 Å². The average molecular weight is 866 g/mol. The Morgan fingerprint density at radius 2 is 0.820 bits per heavy atom.